The highest BCUT2D eigenvalue weighted by Crippen LogP contribution is 2.27. The third kappa shape index (κ3) is 4.70. The maximum atomic E-state index is 11.3. The number of benzene rings is 2. The molecule has 0 radical (unpaired) electrons. The highest BCUT2D eigenvalue weighted by atomic mass is 16.5. The summed E-state index contributed by atoms with van der Waals surface area (Å²) in [6, 6.07) is 12.2. The number of hydrogen-bond acceptors (Lipinski definition) is 3. The Bertz CT molecular complexity index is 667. The van der Waals surface area contributed by atoms with Gasteiger partial charge in [0.2, 0.25) is 0 Å². The number of nitrogens with one attached hydrogen (secondary N) is 1. The van der Waals surface area contributed by atoms with Crippen LogP contribution in [0.5, 0.6) is 5.75 Å². The second-order valence-corrected chi connectivity index (χ2v) is 6.31. The van der Waals surface area contributed by atoms with Crippen molar-refractivity contribution in [3.8, 4) is 5.75 Å². The van der Waals surface area contributed by atoms with Gasteiger partial charge in [-0.25, -0.2) is 0 Å². The molecule has 0 aliphatic rings. The fraction of sp³-hybridized carbons (Fsp3) is 0.421. The lowest BCUT2D eigenvalue weighted by Gasteiger charge is -2.16. The molecule has 2 aromatic carbocycles. The zero-order valence-electron chi connectivity index (χ0n) is 14.0. The summed E-state index contributed by atoms with van der Waals surface area (Å²) in [6.07, 6.45) is 0.684. The van der Waals surface area contributed by atoms with Crippen LogP contribution in [0.1, 0.15) is 25.8 Å². The molecule has 4 nitrogen and oxygen atoms in total. The molecule has 2 rings (SSSR count). The van der Waals surface area contributed by atoms with Crippen LogP contribution >= 0.6 is 0 Å². The SMILES string of the molecule is COc1cc(CNCC(CC(C)C)C(=O)O)cc2ccccc12. The van der Waals surface area contributed by atoms with Gasteiger partial charge in [-0.15, -0.1) is 0 Å². The van der Waals surface area contributed by atoms with E-state index in [4.69, 9.17) is 4.74 Å². The van der Waals surface area contributed by atoms with E-state index in [-0.39, 0.29) is 5.92 Å². The van der Waals surface area contributed by atoms with Crippen LogP contribution in [-0.2, 0) is 11.3 Å². The van der Waals surface area contributed by atoms with Gasteiger partial charge in [0.05, 0.1) is 13.0 Å². The molecular weight excluding hydrogens is 290 g/mol. The van der Waals surface area contributed by atoms with Crippen LogP contribution in [0.25, 0.3) is 10.8 Å². The number of carbonyl (C=O) groups is 1. The van der Waals surface area contributed by atoms with Gasteiger partial charge in [-0.2, -0.15) is 0 Å². The monoisotopic (exact) mass is 315 g/mol. The predicted molar refractivity (Wildman–Crippen MR) is 92.8 cm³/mol. The summed E-state index contributed by atoms with van der Waals surface area (Å²) in [6.45, 7) is 5.19. The van der Waals surface area contributed by atoms with Crippen molar-refractivity contribution >= 4 is 16.7 Å². The minimum Gasteiger partial charge on any atom is -0.496 e. The van der Waals surface area contributed by atoms with Gasteiger partial charge < -0.3 is 15.2 Å². The third-order valence-corrected chi connectivity index (χ3v) is 3.93. The van der Waals surface area contributed by atoms with E-state index in [1.54, 1.807) is 7.11 Å². The molecule has 2 aromatic rings. The summed E-state index contributed by atoms with van der Waals surface area (Å²) in [4.78, 5) is 11.3. The van der Waals surface area contributed by atoms with Crippen LogP contribution < -0.4 is 10.1 Å². The first kappa shape index (κ1) is 17.3. The zero-order chi connectivity index (χ0) is 16.8. The Kier molecular flexibility index (Phi) is 5.99. The first-order valence-corrected chi connectivity index (χ1v) is 8.00. The molecule has 0 bridgehead atoms. The Labute approximate surface area is 137 Å². The summed E-state index contributed by atoms with van der Waals surface area (Å²) in [5.74, 6) is 0.134. The van der Waals surface area contributed by atoms with Crippen molar-refractivity contribution in [1.82, 2.24) is 5.32 Å². The van der Waals surface area contributed by atoms with Gasteiger partial charge in [-0.05, 0) is 35.4 Å². The molecule has 0 spiro atoms. The van der Waals surface area contributed by atoms with Crippen molar-refractivity contribution in [2.45, 2.75) is 26.8 Å². The number of ether oxygens (including phenoxy) is 1. The van der Waals surface area contributed by atoms with Crippen LogP contribution in [0.3, 0.4) is 0 Å². The molecule has 23 heavy (non-hydrogen) atoms. The number of carboxylic acids is 1. The van der Waals surface area contributed by atoms with Crippen LogP contribution in [0.2, 0.25) is 0 Å². The molecule has 4 heteroatoms. The minimum atomic E-state index is -0.734. The molecule has 1 atom stereocenters. The Balaban J connectivity index is 2.05. The second kappa shape index (κ2) is 7.97. The third-order valence-electron chi connectivity index (χ3n) is 3.93. The lowest BCUT2D eigenvalue weighted by atomic mass is 9.97. The average molecular weight is 315 g/mol. The molecule has 0 aliphatic heterocycles. The highest BCUT2D eigenvalue weighted by Gasteiger charge is 2.18. The van der Waals surface area contributed by atoms with Gasteiger partial charge in [0, 0.05) is 18.5 Å². The van der Waals surface area contributed by atoms with E-state index >= 15 is 0 Å². The number of aliphatic carboxylic acids is 1. The average Bonchev–Trinajstić information content (AvgIpc) is 2.52. The van der Waals surface area contributed by atoms with Gasteiger partial charge in [0.15, 0.2) is 0 Å². The topological polar surface area (TPSA) is 58.6 Å². The lowest BCUT2D eigenvalue weighted by Crippen LogP contribution is -2.29. The van der Waals surface area contributed by atoms with Crippen LogP contribution in [0.15, 0.2) is 36.4 Å². The number of rotatable bonds is 8. The minimum absolute atomic E-state index is 0.350. The normalized spacial score (nSPS) is 12.5. The van der Waals surface area contributed by atoms with Gasteiger partial charge in [0.25, 0.3) is 0 Å². The highest BCUT2D eigenvalue weighted by molar-refractivity contribution is 5.89. The zero-order valence-corrected chi connectivity index (χ0v) is 14.0. The quantitative estimate of drug-likeness (QED) is 0.780. The van der Waals surface area contributed by atoms with Crippen LogP contribution in [0, 0.1) is 11.8 Å². The maximum Gasteiger partial charge on any atom is 0.307 e. The number of fused-ring (bicyclic) bond motifs is 1. The second-order valence-electron chi connectivity index (χ2n) is 6.31. The Morgan fingerprint density at radius 2 is 2.00 bits per heavy atom. The van der Waals surface area contributed by atoms with E-state index in [9.17, 15) is 9.90 Å². The molecule has 0 saturated carbocycles. The maximum absolute atomic E-state index is 11.3. The summed E-state index contributed by atoms with van der Waals surface area (Å²) < 4.78 is 5.46. The van der Waals surface area contributed by atoms with Crippen molar-refractivity contribution in [1.29, 1.82) is 0 Å². The molecular formula is C19H25NO3. The van der Waals surface area contributed by atoms with Crippen molar-refractivity contribution in [2.75, 3.05) is 13.7 Å². The molecule has 0 fully saturated rings. The molecule has 0 aromatic heterocycles. The number of hydrogen-bond donors (Lipinski definition) is 2. The molecule has 0 heterocycles. The summed E-state index contributed by atoms with van der Waals surface area (Å²) in [7, 11) is 1.67. The van der Waals surface area contributed by atoms with E-state index in [1.165, 1.54) is 0 Å². The van der Waals surface area contributed by atoms with Crippen molar-refractivity contribution < 1.29 is 14.6 Å². The largest absolute Gasteiger partial charge is 0.496 e. The molecule has 0 saturated heterocycles. The fourth-order valence-corrected chi connectivity index (χ4v) is 2.84. The standard InChI is InChI=1S/C19H25NO3/c1-13(2)8-16(19(21)22)12-20-11-14-9-15-6-4-5-7-17(15)18(10-14)23-3/h4-7,9-10,13,16,20H,8,11-12H2,1-3H3,(H,21,22). The number of carboxylic acid groups (broad SMARTS) is 1. The molecule has 2 N–H and O–H groups in total. The van der Waals surface area contributed by atoms with E-state index in [1.807, 2.05) is 38.1 Å². The fourth-order valence-electron chi connectivity index (χ4n) is 2.84. The smallest absolute Gasteiger partial charge is 0.307 e. The Hall–Kier alpha value is -2.07. The first-order chi connectivity index (χ1) is 11.0. The molecule has 1 unspecified atom stereocenters. The summed E-state index contributed by atoms with van der Waals surface area (Å²) in [5, 5.41) is 14.8. The van der Waals surface area contributed by atoms with E-state index in [0.29, 0.717) is 25.4 Å². The van der Waals surface area contributed by atoms with Crippen molar-refractivity contribution in [3.63, 3.8) is 0 Å². The van der Waals surface area contributed by atoms with E-state index < -0.39 is 5.97 Å². The molecule has 0 aliphatic carbocycles. The van der Waals surface area contributed by atoms with Crippen molar-refractivity contribution in [2.24, 2.45) is 11.8 Å². The van der Waals surface area contributed by atoms with Gasteiger partial charge in [-0.1, -0.05) is 38.1 Å². The number of methoxy groups -OCH3 is 1. The van der Waals surface area contributed by atoms with Gasteiger partial charge in [0.1, 0.15) is 5.75 Å². The summed E-state index contributed by atoms with van der Waals surface area (Å²) in [5.41, 5.74) is 1.09. The van der Waals surface area contributed by atoms with Gasteiger partial charge >= 0.3 is 5.97 Å². The van der Waals surface area contributed by atoms with E-state index in [2.05, 4.69) is 17.4 Å². The molecule has 124 valence electrons. The Morgan fingerprint density at radius 3 is 2.65 bits per heavy atom. The van der Waals surface area contributed by atoms with Crippen LogP contribution in [-0.4, -0.2) is 24.7 Å². The first-order valence-electron chi connectivity index (χ1n) is 8.00. The Morgan fingerprint density at radius 1 is 1.26 bits per heavy atom. The predicted octanol–water partition coefficient (Wildman–Crippen LogP) is 3.68. The van der Waals surface area contributed by atoms with E-state index in [0.717, 1.165) is 22.1 Å². The lowest BCUT2D eigenvalue weighted by molar-refractivity contribution is -0.142. The van der Waals surface area contributed by atoms with Crippen LogP contribution in [0.4, 0.5) is 0 Å². The van der Waals surface area contributed by atoms with Crippen molar-refractivity contribution in [3.05, 3.63) is 42.0 Å². The molecule has 0 amide bonds. The summed E-state index contributed by atoms with van der Waals surface area (Å²) >= 11 is 0. The van der Waals surface area contributed by atoms with Gasteiger partial charge in [-0.3, -0.25) is 4.79 Å².